The lowest BCUT2D eigenvalue weighted by Gasteiger charge is -2.06. The van der Waals surface area contributed by atoms with E-state index in [0.717, 1.165) is 4.68 Å². The van der Waals surface area contributed by atoms with E-state index in [-0.39, 0.29) is 58.5 Å². The molecule has 11 nitrogen and oxygen atoms in total. The summed E-state index contributed by atoms with van der Waals surface area (Å²) in [6.07, 6.45) is 0. The minimum absolute atomic E-state index is 0.00353. The zero-order valence-corrected chi connectivity index (χ0v) is 15.4. The van der Waals surface area contributed by atoms with Gasteiger partial charge < -0.3 is 19.6 Å². The average Bonchev–Trinajstić information content (AvgIpc) is 2.98. The summed E-state index contributed by atoms with van der Waals surface area (Å²) >= 11 is 0. The molecule has 0 aromatic carbocycles. The first-order chi connectivity index (χ1) is 13.3. The highest BCUT2D eigenvalue weighted by molar-refractivity contribution is 6.07. The van der Waals surface area contributed by atoms with E-state index in [9.17, 15) is 14.4 Å². The van der Waals surface area contributed by atoms with Gasteiger partial charge in [0.2, 0.25) is 5.71 Å². The quantitative estimate of drug-likeness (QED) is 0.620. The van der Waals surface area contributed by atoms with E-state index in [0.29, 0.717) is 0 Å². The highest BCUT2D eigenvalue weighted by atomic mass is 16.5. The minimum Gasteiger partial charge on any atom is -0.462 e. The van der Waals surface area contributed by atoms with Crippen molar-refractivity contribution < 1.29 is 23.5 Å². The predicted molar refractivity (Wildman–Crippen MR) is 95.5 cm³/mol. The normalized spacial score (nSPS) is 10.8. The summed E-state index contributed by atoms with van der Waals surface area (Å²) in [5.74, 6) is -0.990. The van der Waals surface area contributed by atoms with Crippen molar-refractivity contribution >= 4 is 28.9 Å². The summed E-state index contributed by atoms with van der Waals surface area (Å²) in [7, 11) is 1.41. The Morgan fingerprint density at radius 2 is 1.96 bits per heavy atom. The van der Waals surface area contributed by atoms with Crippen molar-refractivity contribution in [3.63, 3.8) is 0 Å². The lowest BCUT2D eigenvalue weighted by molar-refractivity contribution is 0.0451. The molecule has 3 rings (SSSR count). The second-order valence-electron chi connectivity index (χ2n) is 5.72. The Kier molecular flexibility index (Phi) is 5.07. The molecular formula is C17H17N5O6. The van der Waals surface area contributed by atoms with Crippen molar-refractivity contribution in [3.05, 3.63) is 45.3 Å². The van der Waals surface area contributed by atoms with Crippen molar-refractivity contribution in [2.45, 2.75) is 20.5 Å². The molecule has 3 aromatic heterocycles. The number of aryl methyl sites for hydroxylation is 2. The number of nitrogens with two attached hydrogens (primary N) is 1. The summed E-state index contributed by atoms with van der Waals surface area (Å²) < 4.78 is 16.6. The number of carbonyl (C=O) groups excluding carboxylic acids is 2. The monoisotopic (exact) mass is 387 g/mol. The molecule has 0 fully saturated rings. The van der Waals surface area contributed by atoms with E-state index < -0.39 is 11.9 Å². The number of nitrogens with zero attached hydrogens (tertiary/aromatic N) is 4. The van der Waals surface area contributed by atoms with Crippen LogP contribution in [0.25, 0.3) is 11.1 Å². The fraction of sp³-hybridized carbons (Fsp3) is 0.294. The molecule has 3 aromatic rings. The second kappa shape index (κ2) is 7.47. The topological polar surface area (TPSA) is 152 Å². The standard InChI is InChI=1S/C17H17N5O6/c1-4-26-17(25)12-8(2)28-15-13(12)14(18)19-10(20-15)7-27-16(24)9-5-6-11(23)22(3)21-9/h5-6H,4,7H2,1-3H3,(H2,18,19,20). The number of ether oxygens (including phenoxy) is 2. The Morgan fingerprint density at radius 3 is 2.64 bits per heavy atom. The fourth-order valence-electron chi connectivity index (χ4n) is 2.51. The summed E-state index contributed by atoms with van der Waals surface area (Å²) in [4.78, 5) is 43.7. The molecule has 0 aliphatic carbocycles. The van der Waals surface area contributed by atoms with Gasteiger partial charge in [-0.05, 0) is 19.9 Å². The number of anilines is 1. The molecule has 11 heteroatoms. The summed E-state index contributed by atoms with van der Waals surface area (Å²) in [5.41, 5.74) is 5.79. The molecule has 0 bridgehead atoms. The molecule has 0 aliphatic heterocycles. The Bertz CT molecular complexity index is 1130. The second-order valence-corrected chi connectivity index (χ2v) is 5.72. The van der Waals surface area contributed by atoms with Gasteiger partial charge in [0, 0.05) is 13.1 Å². The van der Waals surface area contributed by atoms with Gasteiger partial charge in [0.05, 0.1) is 12.0 Å². The molecule has 2 N–H and O–H groups in total. The van der Waals surface area contributed by atoms with Crippen LogP contribution in [0.5, 0.6) is 0 Å². The molecule has 0 saturated carbocycles. The third kappa shape index (κ3) is 3.54. The molecule has 0 atom stereocenters. The number of hydrogen-bond donors (Lipinski definition) is 1. The first-order valence-electron chi connectivity index (χ1n) is 8.26. The molecule has 28 heavy (non-hydrogen) atoms. The van der Waals surface area contributed by atoms with Gasteiger partial charge in [-0.25, -0.2) is 19.3 Å². The third-order valence-corrected chi connectivity index (χ3v) is 3.78. The van der Waals surface area contributed by atoms with Crippen LogP contribution < -0.4 is 11.3 Å². The first-order valence-corrected chi connectivity index (χ1v) is 8.26. The van der Waals surface area contributed by atoms with Crippen LogP contribution in [0.4, 0.5) is 5.82 Å². The number of fused-ring (bicyclic) bond motifs is 1. The van der Waals surface area contributed by atoms with E-state index >= 15 is 0 Å². The van der Waals surface area contributed by atoms with E-state index in [1.54, 1.807) is 13.8 Å². The number of rotatable bonds is 5. The third-order valence-electron chi connectivity index (χ3n) is 3.78. The molecule has 0 spiro atoms. The molecule has 3 heterocycles. The van der Waals surface area contributed by atoms with Crippen LogP contribution >= 0.6 is 0 Å². The van der Waals surface area contributed by atoms with Gasteiger partial charge in [-0.1, -0.05) is 0 Å². The minimum atomic E-state index is -0.763. The zero-order chi connectivity index (χ0) is 20.4. The molecule has 0 radical (unpaired) electrons. The van der Waals surface area contributed by atoms with Crippen LogP contribution in [0.15, 0.2) is 21.3 Å². The van der Waals surface area contributed by atoms with Crippen LogP contribution in [-0.4, -0.2) is 38.3 Å². The van der Waals surface area contributed by atoms with Crippen LogP contribution in [-0.2, 0) is 23.1 Å². The lowest BCUT2D eigenvalue weighted by Crippen LogP contribution is -2.22. The van der Waals surface area contributed by atoms with Crippen molar-refractivity contribution in [2.24, 2.45) is 7.05 Å². The van der Waals surface area contributed by atoms with E-state index in [4.69, 9.17) is 19.6 Å². The van der Waals surface area contributed by atoms with Crippen molar-refractivity contribution in [1.29, 1.82) is 0 Å². The molecule has 0 amide bonds. The number of nitrogen functional groups attached to an aromatic ring is 1. The highest BCUT2D eigenvalue weighted by Gasteiger charge is 2.24. The summed E-state index contributed by atoms with van der Waals surface area (Å²) in [6.45, 7) is 3.15. The number of furan rings is 1. The lowest BCUT2D eigenvalue weighted by atomic mass is 10.2. The maximum absolute atomic E-state index is 12.1. The van der Waals surface area contributed by atoms with E-state index in [2.05, 4.69) is 15.1 Å². The highest BCUT2D eigenvalue weighted by Crippen LogP contribution is 2.29. The Morgan fingerprint density at radius 1 is 1.21 bits per heavy atom. The molecule has 0 aliphatic rings. The maximum Gasteiger partial charge on any atom is 0.359 e. The van der Waals surface area contributed by atoms with Gasteiger partial charge in [0.25, 0.3) is 5.56 Å². The molecule has 0 unspecified atom stereocenters. The van der Waals surface area contributed by atoms with Crippen LogP contribution in [0.2, 0.25) is 0 Å². The van der Waals surface area contributed by atoms with Gasteiger partial charge in [-0.2, -0.15) is 10.1 Å². The van der Waals surface area contributed by atoms with Crippen LogP contribution in [0.1, 0.15) is 39.4 Å². The van der Waals surface area contributed by atoms with Gasteiger partial charge in [0.15, 0.2) is 18.1 Å². The molecule has 0 saturated heterocycles. The van der Waals surface area contributed by atoms with Gasteiger partial charge in [0.1, 0.15) is 17.1 Å². The summed E-state index contributed by atoms with van der Waals surface area (Å²) in [5, 5.41) is 4.04. The zero-order valence-electron chi connectivity index (χ0n) is 15.4. The molecule has 146 valence electrons. The average molecular weight is 387 g/mol. The van der Waals surface area contributed by atoms with Gasteiger partial charge in [-0.3, -0.25) is 4.79 Å². The van der Waals surface area contributed by atoms with Crippen LogP contribution in [0, 0.1) is 6.92 Å². The Hall–Kier alpha value is -3.76. The van der Waals surface area contributed by atoms with Crippen molar-refractivity contribution in [1.82, 2.24) is 19.7 Å². The fourth-order valence-corrected chi connectivity index (χ4v) is 2.51. The smallest absolute Gasteiger partial charge is 0.359 e. The number of carbonyl (C=O) groups is 2. The largest absolute Gasteiger partial charge is 0.462 e. The predicted octanol–water partition coefficient (Wildman–Crippen LogP) is 0.741. The summed E-state index contributed by atoms with van der Waals surface area (Å²) in [6, 6.07) is 2.46. The molecular weight excluding hydrogens is 370 g/mol. The van der Waals surface area contributed by atoms with Gasteiger partial charge >= 0.3 is 11.9 Å². The van der Waals surface area contributed by atoms with Crippen molar-refractivity contribution in [2.75, 3.05) is 12.3 Å². The first kappa shape index (κ1) is 19.0. The van der Waals surface area contributed by atoms with E-state index in [1.165, 1.54) is 19.2 Å². The SMILES string of the molecule is CCOC(=O)c1c(C)oc2nc(COC(=O)c3ccc(=O)n(C)n3)nc(N)c12. The van der Waals surface area contributed by atoms with Gasteiger partial charge in [-0.15, -0.1) is 0 Å². The van der Waals surface area contributed by atoms with Crippen molar-refractivity contribution in [3.8, 4) is 0 Å². The number of esters is 2. The Balaban J connectivity index is 1.84. The Labute approximate surface area is 158 Å². The van der Waals surface area contributed by atoms with Crippen LogP contribution in [0.3, 0.4) is 0 Å². The number of aromatic nitrogens is 4. The maximum atomic E-state index is 12.1. The van der Waals surface area contributed by atoms with E-state index in [1.807, 2.05) is 0 Å². The number of hydrogen-bond acceptors (Lipinski definition) is 10.